The van der Waals surface area contributed by atoms with Gasteiger partial charge in [-0.1, -0.05) is 45.4 Å². The van der Waals surface area contributed by atoms with Crippen LogP contribution in [-0.2, 0) is 0 Å². The van der Waals surface area contributed by atoms with E-state index >= 15 is 0 Å². The van der Waals surface area contributed by atoms with Gasteiger partial charge in [-0.05, 0) is 38.1 Å². The molecule has 1 aromatic rings. The first-order valence-electron chi connectivity index (χ1n) is 7.42. The molecule has 1 aromatic carbocycles. The van der Waals surface area contributed by atoms with Crippen molar-refractivity contribution in [3.63, 3.8) is 0 Å². The average molecular weight is 301 g/mol. The van der Waals surface area contributed by atoms with Crippen LogP contribution >= 0.6 is 11.6 Å². The molecule has 0 bridgehead atoms. The molecule has 4 heteroatoms. The molecule has 0 spiro atoms. The van der Waals surface area contributed by atoms with E-state index < -0.39 is 0 Å². The summed E-state index contributed by atoms with van der Waals surface area (Å²) in [5, 5.41) is 0.403. The van der Waals surface area contributed by atoms with Crippen LogP contribution in [0.4, 0.5) is 4.39 Å². The molecule has 0 aliphatic rings. The van der Waals surface area contributed by atoms with Crippen LogP contribution in [0, 0.1) is 5.82 Å². The molecular weight excluding hydrogens is 275 g/mol. The summed E-state index contributed by atoms with van der Waals surface area (Å²) in [7, 11) is 0. The van der Waals surface area contributed by atoms with Gasteiger partial charge in [0.25, 0.3) is 0 Å². The van der Waals surface area contributed by atoms with Gasteiger partial charge < -0.3 is 5.73 Å². The van der Waals surface area contributed by atoms with E-state index in [1.807, 2.05) is 0 Å². The minimum absolute atomic E-state index is 0.224. The van der Waals surface area contributed by atoms with Crippen molar-refractivity contribution in [2.24, 2.45) is 5.73 Å². The second kappa shape index (κ2) is 7.39. The zero-order valence-electron chi connectivity index (χ0n) is 12.9. The highest BCUT2D eigenvalue weighted by Crippen LogP contribution is 2.37. The fraction of sp³-hybridized carbons (Fsp3) is 0.625. The van der Waals surface area contributed by atoms with Crippen LogP contribution in [0.1, 0.15) is 52.1 Å². The third-order valence-corrected chi connectivity index (χ3v) is 4.73. The molecule has 0 heterocycles. The fourth-order valence-electron chi connectivity index (χ4n) is 3.23. The van der Waals surface area contributed by atoms with Gasteiger partial charge in [-0.3, -0.25) is 4.90 Å². The van der Waals surface area contributed by atoms with Crippen LogP contribution in [0.15, 0.2) is 18.2 Å². The molecule has 0 aliphatic carbocycles. The van der Waals surface area contributed by atoms with E-state index in [9.17, 15) is 4.39 Å². The maximum Gasteiger partial charge on any atom is 0.129 e. The lowest BCUT2D eigenvalue weighted by Crippen LogP contribution is -2.55. The Kier molecular flexibility index (Phi) is 6.44. The summed E-state index contributed by atoms with van der Waals surface area (Å²) in [6.45, 7) is 10.3. The second-order valence-corrected chi connectivity index (χ2v) is 5.56. The van der Waals surface area contributed by atoms with Gasteiger partial charge in [0.15, 0.2) is 0 Å². The molecular formula is C16H26ClFN2. The third kappa shape index (κ3) is 3.16. The molecule has 0 fully saturated rings. The number of halogens is 2. The van der Waals surface area contributed by atoms with Gasteiger partial charge in [0, 0.05) is 16.1 Å². The maximum absolute atomic E-state index is 14.2. The quantitative estimate of drug-likeness (QED) is 0.809. The maximum atomic E-state index is 14.2. The Hall–Kier alpha value is -0.640. The lowest BCUT2D eigenvalue weighted by molar-refractivity contribution is 0.0614. The summed E-state index contributed by atoms with van der Waals surface area (Å²) in [6, 6.07) is 4.40. The number of nitrogens with zero attached hydrogens (tertiary/aromatic N) is 1. The topological polar surface area (TPSA) is 29.3 Å². The largest absolute Gasteiger partial charge is 0.322 e. The van der Waals surface area contributed by atoms with Gasteiger partial charge in [0.1, 0.15) is 5.82 Å². The predicted molar refractivity (Wildman–Crippen MR) is 84.6 cm³/mol. The summed E-state index contributed by atoms with van der Waals surface area (Å²) < 4.78 is 14.2. The van der Waals surface area contributed by atoms with Crippen molar-refractivity contribution in [1.82, 2.24) is 4.90 Å². The molecule has 20 heavy (non-hydrogen) atoms. The number of benzene rings is 1. The van der Waals surface area contributed by atoms with E-state index in [-0.39, 0.29) is 17.4 Å². The molecule has 2 nitrogen and oxygen atoms in total. The average Bonchev–Trinajstić information content (AvgIpc) is 2.44. The van der Waals surface area contributed by atoms with E-state index in [2.05, 4.69) is 32.6 Å². The summed E-state index contributed by atoms with van der Waals surface area (Å²) in [5.41, 5.74) is 6.80. The van der Waals surface area contributed by atoms with Gasteiger partial charge in [-0.15, -0.1) is 0 Å². The Labute approximate surface area is 127 Å². The van der Waals surface area contributed by atoms with E-state index in [1.165, 1.54) is 6.07 Å². The first-order valence-corrected chi connectivity index (χ1v) is 7.80. The number of hydrogen-bond acceptors (Lipinski definition) is 2. The molecule has 2 N–H and O–H groups in total. The summed E-state index contributed by atoms with van der Waals surface area (Å²) >= 11 is 5.83. The molecule has 0 radical (unpaired) electrons. The minimum Gasteiger partial charge on any atom is -0.322 e. The van der Waals surface area contributed by atoms with Crippen LogP contribution < -0.4 is 5.73 Å². The van der Waals surface area contributed by atoms with Gasteiger partial charge >= 0.3 is 0 Å². The molecule has 1 unspecified atom stereocenters. The number of hydrogen-bond donors (Lipinski definition) is 1. The van der Waals surface area contributed by atoms with Crippen molar-refractivity contribution in [3.05, 3.63) is 34.6 Å². The lowest BCUT2D eigenvalue weighted by atomic mass is 9.79. The minimum atomic E-state index is -0.366. The van der Waals surface area contributed by atoms with Crippen molar-refractivity contribution in [1.29, 1.82) is 0 Å². The van der Waals surface area contributed by atoms with E-state index in [1.54, 1.807) is 12.1 Å². The van der Waals surface area contributed by atoms with Crippen molar-refractivity contribution in [3.8, 4) is 0 Å². The predicted octanol–water partition coefficient (Wildman–Crippen LogP) is 4.38. The highest BCUT2D eigenvalue weighted by Gasteiger charge is 2.39. The highest BCUT2D eigenvalue weighted by atomic mass is 35.5. The zero-order chi connectivity index (χ0) is 15.3. The Balaban J connectivity index is 3.26. The zero-order valence-corrected chi connectivity index (χ0v) is 13.7. The highest BCUT2D eigenvalue weighted by molar-refractivity contribution is 6.30. The SMILES string of the molecule is CCN(CC)C(CC)(CC)C(N)c1ccc(Cl)cc1F. The number of rotatable bonds is 7. The first-order chi connectivity index (χ1) is 9.46. The van der Waals surface area contributed by atoms with Crippen molar-refractivity contribution >= 4 is 11.6 Å². The van der Waals surface area contributed by atoms with E-state index in [0.29, 0.717) is 10.6 Å². The molecule has 0 aromatic heterocycles. The standard InChI is InChI=1S/C16H26ClFN2/c1-5-16(6-2,20(7-3)8-4)15(19)13-10-9-12(17)11-14(13)18/h9-11,15H,5-8,19H2,1-4H3. The van der Waals surface area contributed by atoms with E-state index in [4.69, 9.17) is 17.3 Å². The van der Waals surface area contributed by atoms with Crippen LogP contribution in [0.25, 0.3) is 0 Å². The van der Waals surface area contributed by atoms with Crippen molar-refractivity contribution in [2.45, 2.75) is 52.1 Å². The fourth-order valence-corrected chi connectivity index (χ4v) is 3.39. The van der Waals surface area contributed by atoms with Crippen LogP contribution in [0.2, 0.25) is 5.02 Å². The van der Waals surface area contributed by atoms with Gasteiger partial charge in [0.05, 0.1) is 6.04 Å². The first kappa shape index (κ1) is 17.4. The Bertz CT molecular complexity index is 428. The second-order valence-electron chi connectivity index (χ2n) is 5.13. The normalized spacial score (nSPS) is 13.8. The van der Waals surface area contributed by atoms with Gasteiger partial charge in [-0.25, -0.2) is 4.39 Å². The summed E-state index contributed by atoms with van der Waals surface area (Å²) in [5.74, 6) is -0.316. The number of nitrogens with two attached hydrogens (primary N) is 1. The van der Waals surface area contributed by atoms with Crippen LogP contribution in [-0.4, -0.2) is 23.5 Å². The molecule has 0 saturated carbocycles. The molecule has 0 amide bonds. The van der Waals surface area contributed by atoms with Crippen LogP contribution in [0.5, 0.6) is 0 Å². The smallest absolute Gasteiger partial charge is 0.129 e. The Morgan fingerprint density at radius 1 is 1.20 bits per heavy atom. The lowest BCUT2D eigenvalue weighted by Gasteiger charge is -2.46. The van der Waals surface area contributed by atoms with Crippen LogP contribution in [0.3, 0.4) is 0 Å². The Morgan fingerprint density at radius 2 is 1.75 bits per heavy atom. The van der Waals surface area contributed by atoms with Gasteiger partial charge in [-0.2, -0.15) is 0 Å². The third-order valence-electron chi connectivity index (χ3n) is 4.49. The molecule has 0 aliphatic heterocycles. The monoisotopic (exact) mass is 300 g/mol. The molecule has 1 rings (SSSR count). The van der Waals surface area contributed by atoms with E-state index in [0.717, 1.165) is 25.9 Å². The molecule has 114 valence electrons. The number of likely N-dealkylation sites (N-methyl/N-ethyl adjacent to an activating group) is 1. The van der Waals surface area contributed by atoms with Gasteiger partial charge in [0.2, 0.25) is 0 Å². The Morgan fingerprint density at radius 3 is 2.15 bits per heavy atom. The molecule has 0 saturated heterocycles. The summed E-state index contributed by atoms with van der Waals surface area (Å²) in [6.07, 6.45) is 1.77. The van der Waals surface area contributed by atoms with Crippen molar-refractivity contribution < 1.29 is 4.39 Å². The molecule has 1 atom stereocenters. The van der Waals surface area contributed by atoms with Crippen molar-refractivity contribution in [2.75, 3.05) is 13.1 Å². The summed E-state index contributed by atoms with van der Waals surface area (Å²) in [4.78, 5) is 2.34.